The van der Waals surface area contributed by atoms with E-state index in [1.54, 1.807) is 0 Å². The van der Waals surface area contributed by atoms with E-state index in [0.717, 1.165) is 6.08 Å². The fraction of sp³-hybridized carbons (Fsp3) is 0.667. The van der Waals surface area contributed by atoms with Gasteiger partial charge in [0.25, 0.3) is 5.85 Å². The predicted molar refractivity (Wildman–Crippen MR) is 29.6 cm³/mol. The average Bonchev–Trinajstić information content (AvgIpc) is 1.86. The van der Waals surface area contributed by atoms with Crippen molar-refractivity contribution >= 4 is 0 Å². The molecule has 1 aliphatic carbocycles. The lowest BCUT2D eigenvalue weighted by Crippen LogP contribution is -2.50. The number of halogens is 3. The van der Waals surface area contributed by atoms with Gasteiger partial charge in [-0.2, -0.15) is 8.78 Å². The molecule has 1 aliphatic rings. The summed E-state index contributed by atoms with van der Waals surface area (Å²) in [5, 5.41) is 0. The van der Waals surface area contributed by atoms with Crippen LogP contribution in [0.2, 0.25) is 0 Å². The maximum atomic E-state index is 12.6. The minimum absolute atomic E-state index is 0.0591. The van der Waals surface area contributed by atoms with E-state index < -0.39 is 11.8 Å². The van der Waals surface area contributed by atoms with E-state index in [0.29, 0.717) is 6.08 Å². The minimum Gasteiger partial charge on any atom is -0.338 e. The molecular weight excluding hydrogens is 145 g/mol. The largest absolute Gasteiger partial charge is 0.338 e. The highest BCUT2D eigenvalue weighted by molar-refractivity contribution is 5.23. The van der Waals surface area contributed by atoms with Crippen molar-refractivity contribution in [2.24, 2.45) is 0 Å². The molecule has 0 aliphatic heterocycles. The molecule has 0 spiro atoms. The molecule has 10 heavy (non-hydrogen) atoms. The second-order valence-electron chi connectivity index (χ2n) is 2.03. The van der Waals surface area contributed by atoms with Crippen LogP contribution in [0.3, 0.4) is 0 Å². The molecule has 0 aromatic rings. The van der Waals surface area contributed by atoms with Gasteiger partial charge in [-0.25, -0.2) is 4.39 Å². The van der Waals surface area contributed by atoms with Crippen LogP contribution in [0.25, 0.3) is 0 Å². The third-order valence-electron chi connectivity index (χ3n) is 1.32. The Labute approximate surface area is 56.5 Å². The van der Waals surface area contributed by atoms with E-state index in [1.807, 2.05) is 0 Å². The molecule has 1 atom stereocenters. The fourth-order valence-electron chi connectivity index (χ4n) is 0.695. The predicted octanol–water partition coefficient (Wildman–Crippen LogP) is 1.89. The topological polar surface area (TPSA) is 9.23 Å². The molecule has 0 amide bonds. The molecule has 0 saturated heterocycles. The van der Waals surface area contributed by atoms with Gasteiger partial charge < -0.3 is 4.74 Å². The van der Waals surface area contributed by atoms with Crippen molar-refractivity contribution in [2.75, 3.05) is 6.61 Å². The Morgan fingerprint density at radius 1 is 1.30 bits per heavy atom. The van der Waals surface area contributed by atoms with Crippen LogP contribution >= 0.6 is 0 Å². The summed E-state index contributed by atoms with van der Waals surface area (Å²) in [5.74, 6) is -6.29. The summed E-state index contributed by atoms with van der Waals surface area (Å²) in [4.78, 5) is 0. The van der Waals surface area contributed by atoms with Crippen molar-refractivity contribution in [3.05, 3.63) is 12.2 Å². The van der Waals surface area contributed by atoms with Gasteiger partial charge in [0.15, 0.2) is 0 Å². The first-order valence-electron chi connectivity index (χ1n) is 2.93. The molecule has 1 nitrogen and oxygen atoms in total. The Morgan fingerprint density at radius 3 is 2.00 bits per heavy atom. The summed E-state index contributed by atoms with van der Waals surface area (Å²) < 4.78 is 41.2. The van der Waals surface area contributed by atoms with Gasteiger partial charge in [0, 0.05) is 6.61 Å². The Morgan fingerprint density at radius 2 is 1.90 bits per heavy atom. The molecule has 0 saturated carbocycles. The van der Waals surface area contributed by atoms with Crippen LogP contribution in [-0.2, 0) is 4.74 Å². The molecule has 4 heteroatoms. The SMILES string of the molecule is CCOC1(F)C=CC1(F)F. The third kappa shape index (κ3) is 0.831. The monoisotopic (exact) mass is 152 g/mol. The fourth-order valence-corrected chi connectivity index (χ4v) is 0.695. The average molecular weight is 152 g/mol. The van der Waals surface area contributed by atoms with Crippen LogP contribution in [0.1, 0.15) is 6.92 Å². The zero-order valence-corrected chi connectivity index (χ0v) is 5.40. The van der Waals surface area contributed by atoms with Gasteiger partial charge >= 0.3 is 5.92 Å². The molecule has 1 rings (SSSR count). The quantitative estimate of drug-likeness (QED) is 0.549. The zero-order valence-electron chi connectivity index (χ0n) is 5.40. The highest BCUT2D eigenvalue weighted by Gasteiger charge is 2.59. The van der Waals surface area contributed by atoms with Gasteiger partial charge in [0.1, 0.15) is 0 Å². The zero-order chi connectivity index (χ0) is 7.83. The van der Waals surface area contributed by atoms with Crippen LogP contribution in [0.4, 0.5) is 13.2 Å². The summed E-state index contributed by atoms with van der Waals surface area (Å²) in [7, 11) is 0. The summed E-state index contributed by atoms with van der Waals surface area (Å²) >= 11 is 0. The second-order valence-corrected chi connectivity index (χ2v) is 2.03. The molecule has 0 aromatic heterocycles. The number of rotatable bonds is 2. The van der Waals surface area contributed by atoms with Crippen LogP contribution in [0, 0.1) is 0 Å². The van der Waals surface area contributed by atoms with Gasteiger partial charge in [0.2, 0.25) is 0 Å². The first kappa shape index (κ1) is 7.60. The van der Waals surface area contributed by atoms with Crippen molar-refractivity contribution in [3.63, 3.8) is 0 Å². The van der Waals surface area contributed by atoms with Gasteiger partial charge in [-0.1, -0.05) is 0 Å². The van der Waals surface area contributed by atoms with Crippen molar-refractivity contribution in [2.45, 2.75) is 18.7 Å². The Kier molecular flexibility index (Phi) is 1.51. The van der Waals surface area contributed by atoms with Gasteiger partial charge in [0.05, 0.1) is 0 Å². The molecule has 0 radical (unpaired) electrons. The van der Waals surface area contributed by atoms with Crippen LogP contribution in [0.5, 0.6) is 0 Å². The van der Waals surface area contributed by atoms with Gasteiger partial charge in [-0.3, -0.25) is 0 Å². The Bertz CT molecular complexity index is 166. The second kappa shape index (κ2) is 1.99. The lowest BCUT2D eigenvalue weighted by Gasteiger charge is -2.34. The summed E-state index contributed by atoms with van der Waals surface area (Å²) in [6.45, 7) is 1.40. The normalized spacial score (nSPS) is 35.6. The van der Waals surface area contributed by atoms with E-state index in [1.165, 1.54) is 6.92 Å². The number of alkyl halides is 3. The summed E-state index contributed by atoms with van der Waals surface area (Å²) in [5.41, 5.74) is 0. The van der Waals surface area contributed by atoms with Crippen LogP contribution in [-0.4, -0.2) is 18.4 Å². The maximum Gasteiger partial charge on any atom is 0.328 e. The van der Waals surface area contributed by atoms with Crippen molar-refractivity contribution in [1.29, 1.82) is 0 Å². The van der Waals surface area contributed by atoms with E-state index in [4.69, 9.17) is 0 Å². The molecular formula is C6H7F3O. The maximum absolute atomic E-state index is 12.6. The highest BCUT2D eigenvalue weighted by Crippen LogP contribution is 2.43. The summed E-state index contributed by atoms with van der Waals surface area (Å²) in [6.07, 6.45) is 1.21. The first-order valence-corrected chi connectivity index (χ1v) is 2.93. The van der Waals surface area contributed by atoms with Crippen molar-refractivity contribution < 1.29 is 17.9 Å². The molecule has 0 bridgehead atoms. The number of hydrogen-bond donors (Lipinski definition) is 0. The number of ether oxygens (including phenoxy) is 1. The molecule has 0 heterocycles. The Balaban J connectivity index is 2.65. The molecule has 0 aromatic carbocycles. The van der Waals surface area contributed by atoms with E-state index in [-0.39, 0.29) is 6.61 Å². The van der Waals surface area contributed by atoms with E-state index >= 15 is 0 Å². The molecule has 0 N–H and O–H groups in total. The lowest BCUT2D eigenvalue weighted by atomic mass is 9.99. The minimum atomic E-state index is -3.44. The third-order valence-corrected chi connectivity index (χ3v) is 1.32. The van der Waals surface area contributed by atoms with Gasteiger partial charge in [-0.15, -0.1) is 0 Å². The highest BCUT2D eigenvalue weighted by atomic mass is 19.3. The standard InChI is InChI=1S/C6H7F3O/c1-2-10-6(9)4-3-5(6,7)8/h3-4H,2H2,1H3. The van der Waals surface area contributed by atoms with Crippen molar-refractivity contribution in [3.8, 4) is 0 Å². The molecule has 1 unspecified atom stereocenters. The summed E-state index contributed by atoms with van der Waals surface area (Å²) in [6, 6.07) is 0. The van der Waals surface area contributed by atoms with Crippen LogP contribution in [0.15, 0.2) is 12.2 Å². The Hall–Kier alpha value is -0.510. The van der Waals surface area contributed by atoms with Gasteiger partial charge in [-0.05, 0) is 19.1 Å². The number of hydrogen-bond acceptors (Lipinski definition) is 1. The lowest BCUT2D eigenvalue weighted by molar-refractivity contribution is -0.243. The van der Waals surface area contributed by atoms with E-state index in [9.17, 15) is 13.2 Å². The molecule has 0 fully saturated rings. The van der Waals surface area contributed by atoms with E-state index in [2.05, 4.69) is 4.74 Å². The van der Waals surface area contributed by atoms with Crippen LogP contribution < -0.4 is 0 Å². The van der Waals surface area contributed by atoms with Crippen molar-refractivity contribution in [1.82, 2.24) is 0 Å². The smallest absolute Gasteiger partial charge is 0.328 e. The first-order chi connectivity index (χ1) is 4.52. The molecule has 58 valence electrons.